The second-order valence-corrected chi connectivity index (χ2v) is 8.81. The molecule has 0 spiro atoms. The normalized spacial score (nSPS) is 15.7. The lowest BCUT2D eigenvalue weighted by molar-refractivity contribution is -0.137. The van der Waals surface area contributed by atoms with Crippen molar-refractivity contribution >= 4 is 28.0 Å². The van der Waals surface area contributed by atoms with Crippen LogP contribution in [-0.2, 0) is 11.7 Å². The van der Waals surface area contributed by atoms with Crippen LogP contribution in [0.2, 0.25) is 0 Å². The molecule has 162 valence electrons. The fourth-order valence-corrected chi connectivity index (χ4v) is 3.76. The SMILES string of the molecule is CC(C)(C)n1ncc2c(=O)[nH]c(C3CN(c4nc5cc(C(F)(F)F)ccc5[nH]4)C3)nc21. The fraction of sp³-hybridized carbons (Fsp3) is 0.400. The topological polar surface area (TPSA) is 95.5 Å². The number of fused-ring (bicyclic) bond motifs is 2. The van der Waals surface area contributed by atoms with E-state index in [0.717, 1.165) is 12.1 Å². The van der Waals surface area contributed by atoms with Crippen LogP contribution in [0.1, 0.15) is 38.1 Å². The Labute approximate surface area is 174 Å². The van der Waals surface area contributed by atoms with Gasteiger partial charge in [-0.1, -0.05) is 0 Å². The third-order valence-electron chi connectivity index (χ3n) is 5.46. The van der Waals surface area contributed by atoms with Crippen LogP contribution in [0.4, 0.5) is 19.1 Å². The molecule has 1 aromatic carbocycles. The van der Waals surface area contributed by atoms with Gasteiger partial charge in [-0.25, -0.2) is 14.6 Å². The highest BCUT2D eigenvalue weighted by atomic mass is 19.4. The van der Waals surface area contributed by atoms with Crippen LogP contribution in [0.25, 0.3) is 22.1 Å². The number of anilines is 1. The Balaban J connectivity index is 1.40. The Kier molecular flexibility index (Phi) is 3.99. The van der Waals surface area contributed by atoms with Gasteiger partial charge in [0, 0.05) is 13.1 Å². The number of hydrogen-bond donors (Lipinski definition) is 2. The molecule has 4 heterocycles. The number of nitrogens with zero attached hydrogens (tertiary/aromatic N) is 5. The minimum absolute atomic E-state index is 0.0284. The molecule has 8 nitrogen and oxygen atoms in total. The maximum atomic E-state index is 12.9. The predicted molar refractivity (Wildman–Crippen MR) is 109 cm³/mol. The molecule has 4 aromatic rings. The maximum Gasteiger partial charge on any atom is 0.416 e. The van der Waals surface area contributed by atoms with Gasteiger partial charge in [0.2, 0.25) is 5.95 Å². The van der Waals surface area contributed by atoms with E-state index in [4.69, 9.17) is 0 Å². The zero-order chi connectivity index (χ0) is 22.1. The molecule has 0 saturated carbocycles. The summed E-state index contributed by atoms with van der Waals surface area (Å²) < 4.78 is 40.5. The van der Waals surface area contributed by atoms with E-state index in [-0.39, 0.29) is 22.5 Å². The van der Waals surface area contributed by atoms with Crippen LogP contribution in [-0.4, -0.2) is 42.8 Å². The summed E-state index contributed by atoms with van der Waals surface area (Å²) in [5.74, 6) is 1.03. The summed E-state index contributed by atoms with van der Waals surface area (Å²) in [6.45, 7) is 7.02. The molecular weight excluding hydrogens is 411 g/mol. The standard InChI is InChI=1S/C20H20F3N7O/c1-19(2,3)30-16-12(7-24-30)17(31)28-15(27-16)10-8-29(9-10)18-25-13-5-4-11(20(21,22)23)6-14(13)26-18/h4-7,10H,8-9H2,1-3H3,(H,25,26)(H,27,28,31). The molecule has 1 aliphatic rings. The molecule has 5 rings (SSSR count). The van der Waals surface area contributed by atoms with E-state index < -0.39 is 11.7 Å². The molecule has 0 unspecified atom stereocenters. The first-order valence-electron chi connectivity index (χ1n) is 9.81. The van der Waals surface area contributed by atoms with Crippen LogP contribution < -0.4 is 10.5 Å². The minimum Gasteiger partial charge on any atom is -0.341 e. The lowest BCUT2D eigenvalue weighted by Gasteiger charge is -2.38. The highest BCUT2D eigenvalue weighted by Crippen LogP contribution is 2.33. The van der Waals surface area contributed by atoms with Crippen molar-refractivity contribution in [2.24, 2.45) is 0 Å². The molecule has 1 saturated heterocycles. The van der Waals surface area contributed by atoms with Gasteiger partial charge in [0.25, 0.3) is 5.56 Å². The van der Waals surface area contributed by atoms with Crippen molar-refractivity contribution in [3.8, 4) is 0 Å². The second-order valence-electron chi connectivity index (χ2n) is 8.81. The first-order chi connectivity index (χ1) is 14.5. The van der Waals surface area contributed by atoms with E-state index in [1.165, 1.54) is 12.3 Å². The number of hydrogen-bond acceptors (Lipinski definition) is 5. The summed E-state index contributed by atoms with van der Waals surface area (Å²) in [4.78, 5) is 29.3. The number of halogens is 3. The minimum atomic E-state index is -4.41. The van der Waals surface area contributed by atoms with Gasteiger partial charge in [0.1, 0.15) is 11.2 Å². The van der Waals surface area contributed by atoms with Gasteiger partial charge in [-0.3, -0.25) is 4.79 Å². The molecule has 0 atom stereocenters. The van der Waals surface area contributed by atoms with Crippen molar-refractivity contribution in [2.45, 2.75) is 38.4 Å². The van der Waals surface area contributed by atoms with Gasteiger partial charge in [-0.15, -0.1) is 0 Å². The van der Waals surface area contributed by atoms with Crippen molar-refractivity contribution < 1.29 is 13.2 Å². The van der Waals surface area contributed by atoms with Gasteiger partial charge in [-0.05, 0) is 39.0 Å². The summed E-state index contributed by atoms with van der Waals surface area (Å²) >= 11 is 0. The van der Waals surface area contributed by atoms with Crippen molar-refractivity contribution in [3.63, 3.8) is 0 Å². The summed E-state index contributed by atoms with van der Waals surface area (Å²) in [6, 6.07) is 3.45. The number of H-pyrrole nitrogens is 2. The van der Waals surface area contributed by atoms with Crippen molar-refractivity contribution in [2.75, 3.05) is 18.0 Å². The molecule has 31 heavy (non-hydrogen) atoms. The van der Waals surface area contributed by atoms with Crippen molar-refractivity contribution in [1.82, 2.24) is 29.7 Å². The quantitative estimate of drug-likeness (QED) is 0.507. The summed E-state index contributed by atoms with van der Waals surface area (Å²) in [7, 11) is 0. The molecule has 2 N–H and O–H groups in total. The van der Waals surface area contributed by atoms with E-state index >= 15 is 0 Å². The van der Waals surface area contributed by atoms with E-state index in [2.05, 4.69) is 25.0 Å². The summed E-state index contributed by atoms with van der Waals surface area (Å²) in [6.07, 6.45) is -2.89. The smallest absolute Gasteiger partial charge is 0.341 e. The number of nitrogens with one attached hydrogen (secondary N) is 2. The summed E-state index contributed by atoms with van der Waals surface area (Å²) in [5.41, 5.74) is 0.0361. The average molecular weight is 431 g/mol. The van der Waals surface area contributed by atoms with Gasteiger partial charge in [-0.2, -0.15) is 18.3 Å². The van der Waals surface area contributed by atoms with E-state index in [1.807, 2.05) is 25.7 Å². The highest BCUT2D eigenvalue weighted by molar-refractivity contribution is 5.79. The predicted octanol–water partition coefficient (Wildman–Crippen LogP) is 3.37. The molecular formula is C20H20F3N7O. The number of benzene rings is 1. The van der Waals surface area contributed by atoms with Gasteiger partial charge in [0.15, 0.2) is 5.65 Å². The van der Waals surface area contributed by atoms with E-state index in [9.17, 15) is 18.0 Å². The van der Waals surface area contributed by atoms with E-state index in [1.54, 1.807) is 4.68 Å². The molecule has 0 aliphatic carbocycles. The van der Waals surface area contributed by atoms with Crippen LogP contribution in [0.3, 0.4) is 0 Å². The zero-order valence-corrected chi connectivity index (χ0v) is 17.1. The zero-order valence-electron chi connectivity index (χ0n) is 17.1. The fourth-order valence-electron chi connectivity index (χ4n) is 3.76. The van der Waals surface area contributed by atoms with Gasteiger partial charge in [0.05, 0.1) is 34.3 Å². The highest BCUT2D eigenvalue weighted by Gasteiger charge is 2.34. The van der Waals surface area contributed by atoms with Gasteiger partial charge >= 0.3 is 6.18 Å². The Morgan fingerprint density at radius 2 is 1.84 bits per heavy atom. The molecule has 0 radical (unpaired) electrons. The third-order valence-corrected chi connectivity index (χ3v) is 5.46. The Morgan fingerprint density at radius 1 is 1.10 bits per heavy atom. The number of aromatic amines is 2. The van der Waals surface area contributed by atoms with Crippen LogP contribution in [0.5, 0.6) is 0 Å². The lowest BCUT2D eigenvalue weighted by Crippen LogP contribution is -2.46. The first-order valence-corrected chi connectivity index (χ1v) is 9.81. The number of aromatic nitrogens is 6. The number of alkyl halides is 3. The van der Waals surface area contributed by atoms with Crippen LogP contribution in [0, 0.1) is 0 Å². The van der Waals surface area contributed by atoms with Crippen LogP contribution >= 0.6 is 0 Å². The lowest BCUT2D eigenvalue weighted by atomic mass is 10.00. The van der Waals surface area contributed by atoms with Crippen molar-refractivity contribution in [1.29, 1.82) is 0 Å². The monoisotopic (exact) mass is 431 g/mol. The number of imidazole rings is 1. The molecule has 0 bridgehead atoms. The van der Waals surface area contributed by atoms with Gasteiger partial charge < -0.3 is 14.9 Å². The summed E-state index contributed by atoms with van der Waals surface area (Å²) in [5, 5.41) is 4.75. The molecule has 1 aliphatic heterocycles. The Morgan fingerprint density at radius 3 is 2.52 bits per heavy atom. The molecule has 0 amide bonds. The second kappa shape index (κ2) is 6.32. The average Bonchev–Trinajstić information content (AvgIpc) is 3.22. The molecule has 11 heteroatoms. The van der Waals surface area contributed by atoms with E-state index in [0.29, 0.717) is 41.4 Å². The molecule has 3 aromatic heterocycles. The maximum absolute atomic E-state index is 12.9. The Hall–Kier alpha value is -3.37. The number of rotatable bonds is 2. The Bertz CT molecular complexity index is 1350. The van der Waals surface area contributed by atoms with Crippen LogP contribution in [0.15, 0.2) is 29.2 Å². The third kappa shape index (κ3) is 3.24. The molecule has 1 fully saturated rings. The largest absolute Gasteiger partial charge is 0.416 e. The van der Waals surface area contributed by atoms with Crippen molar-refractivity contribution in [3.05, 3.63) is 46.1 Å². The first kappa shape index (κ1) is 19.6.